The zero-order chi connectivity index (χ0) is 20.9. The number of benzene rings is 2. The predicted molar refractivity (Wildman–Crippen MR) is 109 cm³/mol. The minimum absolute atomic E-state index is 0. The van der Waals surface area contributed by atoms with Crippen molar-refractivity contribution < 1.29 is 38.8 Å². The molecular formula is C23H20IrN2O4-2. The fourth-order valence-electron chi connectivity index (χ4n) is 2.06. The van der Waals surface area contributed by atoms with Crippen molar-refractivity contribution in [3.8, 4) is 22.9 Å². The molecule has 7 heteroatoms. The van der Waals surface area contributed by atoms with Gasteiger partial charge in [0.25, 0.3) is 0 Å². The average Bonchev–Trinajstić information content (AvgIpc) is 3.44. The number of oxazole rings is 2. The summed E-state index contributed by atoms with van der Waals surface area (Å²) < 4.78 is 10.2. The Bertz CT molecular complexity index is 911. The number of nitrogens with zero attached hydrogens (tertiary/aromatic N) is 2. The van der Waals surface area contributed by atoms with Gasteiger partial charge in [-0.05, 0) is 13.8 Å². The van der Waals surface area contributed by atoms with Gasteiger partial charge in [0.2, 0.25) is 0 Å². The van der Waals surface area contributed by atoms with Gasteiger partial charge in [0.15, 0.2) is 5.78 Å². The van der Waals surface area contributed by atoms with Gasteiger partial charge in [-0.15, -0.1) is 60.7 Å². The number of aromatic nitrogens is 2. The predicted octanol–water partition coefficient (Wildman–Crippen LogP) is 5.32. The molecule has 2 heterocycles. The Morgan fingerprint density at radius 3 is 1.60 bits per heavy atom. The largest absolute Gasteiger partial charge is 0.512 e. The number of allylic oxidation sites excluding steroid dienone is 2. The molecule has 1 radical (unpaired) electrons. The van der Waals surface area contributed by atoms with E-state index in [1.165, 1.54) is 19.9 Å². The van der Waals surface area contributed by atoms with Gasteiger partial charge in [0.1, 0.15) is 11.8 Å². The summed E-state index contributed by atoms with van der Waals surface area (Å²) in [6, 6.07) is 21.2. The van der Waals surface area contributed by atoms with E-state index in [1.54, 1.807) is 24.9 Å². The molecule has 2 aromatic heterocycles. The Balaban J connectivity index is 0.000000229. The van der Waals surface area contributed by atoms with Crippen LogP contribution in [0.4, 0.5) is 0 Å². The van der Waals surface area contributed by atoms with Crippen LogP contribution in [0.2, 0.25) is 0 Å². The molecule has 0 unspecified atom stereocenters. The maximum absolute atomic E-state index is 10.0. The summed E-state index contributed by atoms with van der Waals surface area (Å²) >= 11 is 0. The summed E-state index contributed by atoms with van der Waals surface area (Å²) in [5.74, 6) is 1.17. The van der Waals surface area contributed by atoms with Gasteiger partial charge in [0, 0.05) is 26.2 Å². The summed E-state index contributed by atoms with van der Waals surface area (Å²) in [5.41, 5.74) is 1.77. The topological polar surface area (TPSA) is 89.4 Å². The Hall–Kier alpha value is -3.28. The van der Waals surface area contributed by atoms with E-state index in [0.717, 1.165) is 11.1 Å². The first kappa shape index (κ1) is 24.8. The van der Waals surface area contributed by atoms with Crippen LogP contribution in [0.5, 0.6) is 0 Å². The van der Waals surface area contributed by atoms with Gasteiger partial charge in [0.05, 0.1) is 30.7 Å². The van der Waals surface area contributed by atoms with E-state index >= 15 is 0 Å². The van der Waals surface area contributed by atoms with E-state index in [9.17, 15) is 4.79 Å². The van der Waals surface area contributed by atoms with E-state index in [0.29, 0.717) is 11.8 Å². The van der Waals surface area contributed by atoms with Crippen LogP contribution in [0.25, 0.3) is 22.9 Å². The number of hydrogen-bond donors (Lipinski definition) is 1. The standard InChI is InChI=1S/2C9H6NO.C5H8O2.Ir/c2*1-2-4-8(5-3-1)9-10-6-7-11-9;1-4(6)3-5(2)7;/h2*1-4,6-7H;3,6H,1-2H3;/q2*-1;;/b;;4-3-;. The number of hydrogen-bond acceptors (Lipinski definition) is 6. The Kier molecular flexibility index (Phi) is 11.4. The van der Waals surface area contributed by atoms with Crippen molar-refractivity contribution in [1.82, 2.24) is 9.97 Å². The van der Waals surface area contributed by atoms with Gasteiger partial charge >= 0.3 is 0 Å². The minimum atomic E-state index is -0.125. The molecule has 30 heavy (non-hydrogen) atoms. The second-order valence-corrected chi connectivity index (χ2v) is 5.62. The first-order valence-electron chi connectivity index (χ1n) is 8.67. The van der Waals surface area contributed by atoms with Crippen LogP contribution < -0.4 is 0 Å². The maximum Gasteiger partial charge on any atom is 0.155 e. The Morgan fingerprint density at radius 2 is 1.37 bits per heavy atom. The fraction of sp³-hybridized carbons (Fsp3) is 0.0870. The van der Waals surface area contributed by atoms with Gasteiger partial charge in [-0.3, -0.25) is 14.8 Å². The second kappa shape index (κ2) is 13.8. The van der Waals surface area contributed by atoms with Crippen molar-refractivity contribution in [1.29, 1.82) is 0 Å². The third-order valence-corrected chi connectivity index (χ3v) is 3.16. The number of carbonyl (C=O) groups excluding carboxylic acids is 1. The van der Waals surface area contributed by atoms with Crippen molar-refractivity contribution in [3.05, 3.63) is 97.4 Å². The van der Waals surface area contributed by atoms with Crippen molar-refractivity contribution in [2.75, 3.05) is 0 Å². The van der Waals surface area contributed by atoms with E-state index in [4.69, 9.17) is 13.9 Å². The summed E-state index contributed by atoms with van der Waals surface area (Å²) in [4.78, 5) is 18.0. The van der Waals surface area contributed by atoms with Gasteiger partial charge in [-0.1, -0.05) is 11.1 Å². The van der Waals surface area contributed by atoms with Crippen LogP contribution >= 0.6 is 0 Å². The molecule has 4 rings (SSSR count). The number of aliphatic hydroxyl groups is 1. The van der Waals surface area contributed by atoms with Crippen molar-refractivity contribution in [3.63, 3.8) is 0 Å². The van der Waals surface area contributed by atoms with Crippen LogP contribution in [0, 0.1) is 12.1 Å². The normalized spacial score (nSPS) is 9.87. The molecule has 0 aliphatic rings. The van der Waals surface area contributed by atoms with E-state index in [2.05, 4.69) is 22.1 Å². The smallest absolute Gasteiger partial charge is 0.155 e. The molecule has 0 fully saturated rings. The van der Waals surface area contributed by atoms with Gasteiger partial charge in [-0.25, -0.2) is 0 Å². The molecule has 6 nitrogen and oxygen atoms in total. The first-order valence-corrected chi connectivity index (χ1v) is 8.67. The molecule has 0 spiro atoms. The number of rotatable bonds is 3. The number of aliphatic hydroxyl groups excluding tert-OH is 1. The molecule has 0 atom stereocenters. The molecule has 0 saturated carbocycles. The molecule has 0 aliphatic heterocycles. The molecule has 0 saturated heterocycles. The second-order valence-electron chi connectivity index (χ2n) is 5.62. The summed E-state index contributed by atoms with van der Waals surface area (Å²) in [7, 11) is 0. The fourth-order valence-corrected chi connectivity index (χ4v) is 2.06. The minimum Gasteiger partial charge on any atom is -0.512 e. The van der Waals surface area contributed by atoms with Crippen LogP contribution in [-0.2, 0) is 24.9 Å². The zero-order valence-electron chi connectivity index (χ0n) is 16.4. The van der Waals surface area contributed by atoms with E-state index in [1.807, 2.05) is 48.5 Å². The van der Waals surface area contributed by atoms with Crippen molar-refractivity contribution >= 4 is 5.78 Å². The van der Waals surface area contributed by atoms with Gasteiger partial charge in [-0.2, -0.15) is 0 Å². The molecule has 1 N–H and O–H groups in total. The Labute approximate surface area is 188 Å². The van der Waals surface area contributed by atoms with Crippen LogP contribution in [0.15, 0.2) is 94.1 Å². The molecule has 0 aliphatic carbocycles. The van der Waals surface area contributed by atoms with E-state index in [-0.39, 0.29) is 31.6 Å². The molecular weight excluding hydrogens is 560 g/mol. The first-order chi connectivity index (χ1) is 14.1. The summed E-state index contributed by atoms with van der Waals surface area (Å²) in [6.45, 7) is 2.85. The number of carbonyl (C=O) groups is 1. The molecule has 0 amide bonds. The third-order valence-electron chi connectivity index (χ3n) is 3.16. The summed E-state index contributed by atoms with van der Waals surface area (Å²) in [6.07, 6.45) is 7.51. The van der Waals surface area contributed by atoms with E-state index < -0.39 is 0 Å². The van der Waals surface area contributed by atoms with Crippen molar-refractivity contribution in [2.24, 2.45) is 0 Å². The van der Waals surface area contributed by atoms with Gasteiger partial charge < -0.3 is 13.9 Å². The molecule has 4 aromatic rings. The molecule has 0 bridgehead atoms. The monoisotopic (exact) mass is 581 g/mol. The summed E-state index contributed by atoms with van der Waals surface area (Å²) in [5, 5.41) is 8.36. The van der Waals surface area contributed by atoms with Crippen molar-refractivity contribution in [2.45, 2.75) is 13.8 Å². The SMILES string of the molecule is CC(=O)/C=C(/C)O.[Ir].[c-]1ccccc1-c1ncco1.[c-]1ccccc1-c1ncco1. The maximum atomic E-state index is 10.0. The zero-order valence-corrected chi connectivity index (χ0v) is 18.8. The van der Waals surface area contributed by atoms with Crippen LogP contribution in [0.3, 0.4) is 0 Å². The molecule has 157 valence electrons. The van der Waals surface area contributed by atoms with Crippen LogP contribution in [-0.4, -0.2) is 20.9 Å². The van der Waals surface area contributed by atoms with Crippen LogP contribution in [0.1, 0.15) is 13.8 Å². The quantitative estimate of drug-likeness (QED) is 0.201. The number of ketones is 1. The average molecular weight is 581 g/mol. The Morgan fingerprint density at radius 1 is 0.900 bits per heavy atom. The third kappa shape index (κ3) is 9.28. The molecule has 2 aromatic carbocycles.